The van der Waals surface area contributed by atoms with Crippen molar-refractivity contribution < 1.29 is 18.3 Å². The fraction of sp³-hybridized carbons (Fsp3) is 0.435. The number of nitrogens with zero attached hydrogens (tertiary/aromatic N) is 3. The topological polar surface area (TPSA) is 93.9 Å². The number of nitriles is 1. The third-order valence-corrected chi connectivity index (χ3v) is 8.64. The zero-order valence-electron chi connectivity index (χ0n) is 18.0. The van der Waals surface area contributed by atoms with E-state index >= 15 is 0 Å². The second-order valence-electron chi connectivity index (χ2n) is 8.33. The molecule has 7 nitrogen and oxygen atoms in total. The summed E-state index contributed by atoms with van der Waals surface area (Å²) in [6.45, 7) is 1.79. The van der Waals surface area contributed by atoms with Crippen LogP contribution < -0.4 is 4.74 Å². The minimum absolute atomic E-state index is 0.0643. The van der Waals surface area contributed by atoms with Crippen molar-refractivity contribution in [3.8, 4) is 17.6 Å². The molecule has 10 heteroatoms. The van der Waals surface area contributed by atoms with Crippen LogP contribution in [0.3, 0.4) is 0 Å². The van der Waals surface area contributed by atoms with Gasteiger partial charge in [-0.25, -0.2) is 8.42 Å². The number of aliphatic hydroxyl groups is 1. The van der Waals surface area contributed by atoms with Crippen LogP contribution in [0.15, 0.2) is 41.3 Å². The number of sulfonamides is 1. The lowest BCUT2D eigenvalue weighted by molar-refractivity contribution is 0.0898. The summed E-state index contributed by atoms with van der Waals surface area (Å²) >= 11 is 12.1. The molecule has 0 aromatic heterocycles. The van der Waals surface area contributed by atoms with Crippen LogP contribution in [0.1, 0.15) is 31.2 Å². The smallest absolute Gasteiger partial charge is 0.246 e. The highest BCUT2D eigenvalue weighted by molar-refractivity contribution is 7.89. The first-order valence-corrected chi connectivity index (χ1v) is 13.1. The number of piperidine rings is 1. The number of ether oxygens (including phenoxy) is 1. The molecule has 0 spiro atoms. The van der Waals surface area contributed by atoms with Gasteiger partial charge in [0.1, 0.15) is 16.4 Å². The summed E-state index contributed by atoms with van der Waals surface area (Å²) in [7, 11) is -3.91. The molecule has 0 aliphatic carbocycles. The number of likely N-dealkylation sites (tertiary alicyclic amines) is 1. The first-order chi connectivity index (χ1) is 15.8. The lowest BCUT2D eigenvalue weighted by atomic mass is 10.0. The summed E-state index contributed by atoms with van der Waals surface area (Å²) in [6, 6.07) is 11.4. The quantitative estimate of drug-likeness (QED) is 0.624. The first-order valence-electron chi connectivity index (χ1n) is 10.9. The SMILES string of the molecule is N#Cc1ccc(Oc2cc(Cl)cc(Cl)c2)c(S(=O)(=O)N2CCC(N3CCC[C@H]3CO)CC2)c1. The summed E-state index contributed by atoms with van der Waals surface area (Å²) in [5.74, 6) is 0.408. The van der Waals surface area contributed by atoms with Gasteiger partial charge in [0.15, 0.2) is 0 Å². The Balaban J connectivity index is 1.57. The van der Waals surface area contributed by atoms with Gasteiger partial charge in [-0.15, -0.1) is 0 Å². The van der Waals surface area contributed by atoms with E-state index in [9.17, 15) is 18.8 Å². The van der Waals surface area contributed by atoms with Crippen molar-refractivity contribution in [1.29, 1.82) is 5.26 Å². The minimum atomic E-state index is -3.91. The van der Waals surface area contributed by atoms with Crippen molar-refractivity contribution in [3.05, 3.63) is 52.0 Å². The van der Waals surface area contributed by atoms with Crippen molar-refractivity contribution in [2.24, 2.45) is 0 Å². The molecule has 1 atom stereocenters. The number of halogens is 2. The second-order valence-corrected chi connectivity index (χ2v) is 11.1. The Labute approximate surface area is 204 Å². The molecule has 33 heavy (non-hydrogen) atoms. The van der Waals surface area contributed by atoms with Gasteiger partial charge in [0.2, 0.25) is 10.0 Å². The van der Waals surface area contributed by atoms with Crippen LogP contribution in [0.25, 0.3) is 0 Å². The molecule has 1 N–H and O–H groups in total. The van der Waals surface area contributed by atoms with Gasteiger partial charge in [0, 0.05) is 35.2 Å². The molecule has 2 aliphatic heterocycles. The maximum atomic E-state index is 13.6. The van der Waals surface area contributed by atoms with Crippen molar-refractivity contribution in [1.82, 2.24) is 9.21 Å². The Morgan fingerprint density at radius 2 is 1.76 bits per heavy atom. The Hall–Kier alpha value is -1.86. The van der Waals surface area contributed by atoms with Gasteiger partial charge < -0.3 is 9.84 Å². The van der Waals surface area contributed by atoms with Gasteiger partial charge in [-0.05, 0) is 68.6 Å². The molecule has 176 valence electrons. The Bertz CT molecular complexity index is 1140. The van der Waals surface area contributed by atoms with E-state index in [-0.39, 0.29) is 34.9 Å². The second kappa shape index (κ2) is 10.2. The van der Waals surface area contributed by atoms with Gasteiger partial charge in [-0.1, -0.05) is 23.2 Å². The van der Waals surface area contributed by atoms with E-state index < -0.39 is 10.0 Å². The standard InChI is InChI=1S/C23H25Cl2N3O4S/c24-17-11-18(25)13-21(12-17)32-22-4-3-16(14-26)10-23(22)33(30,31)27-8-5-19(6-9-27)28-7-1-2-20(28)15-29/h3-4,10-13,19-20,29H,1-2,5-9,15H2/t20-/m0/s1. The van der Waals surface area contributed by atoms with E-state index in [0.717, 1.165) is 19.4 Å². The van der Waals surface area contributed by atoms with E-state index in [4.69, 9.17) is 27.9 Å². The Morgan fingerprint density at radius 1 is 1.06 bits per heavy atom. The van der Waals surface area contributed by atoms with Crippen LogP contribution in [-0.4, -0.2) is 61.1 Å². The van der Waals surface area contributed by atoms with Crippen LogP contribution >= 0.6 is 23.2 Å². The molecule has 2 fully saturated rings. The largest absolute Gasteiger partial charge is 0.456 e. The van der Waals surface area contributed by atoms with Crippen LogP contribution in [0.5, 0.6) is 11.5 Å². The molecule has 0 saturated carbocycles. The van der Waals surface area contributed by atoms with Gasteiger partial charge in [0.25, 0.3) is 0 Å². The summed E-state index contributed by atoms with van der Waals surface area (Å²) < 4.78 is 34.5. The number of hydrogen-bond donors (Lipinski definition) is 1. The normalized spacial score (nSPS) is 20.6. The predicted molar refractivity (Wildman–Crippen MR) is 126 cm³/mol. The third-order valence-electron chi connectivity index (χ3n) is 6.28. The molecule has 2 aliphatic rings. The zero-order chi connectivity index (χ0) is 23.6. The van der Waals surface area contributed by atoms with Gasteiger partial charge in [0.05, 0.1) is 18.2 Å². The summed E-state index contributed by atoms with van der Waals surface area (Å²) in [5.41, 5.74) is 0.225. The maximum absolute atomic E-state index is 13.6. The van der Waals surface area contributed by atoms with E-state index in [2.05, 4.69) is 4.90 Å². The van der Waals surface area contributed by atoms with E-state index in [1.54, 1.807) is 18.2 Å². The van der Waals surface area contributed by atoms with Crippen LogP contribution in [0, 0.1) is 11.3 Å². The summed E-state index contributed by atoms with van der Waals surface area (Å²) in [4.78, 5) is 2.25. The Kier molecular flexibility index (Phi) is 7.49. The lowest BCUT2D eigenvalue weighted by Gasteiger charge is -2.38. The van der Waals surface area contributed by atoms with Crippen molar-refractivity contribution >= 4 is 33.2 Å². The molecule has 2 saturated heterocycles. The number of hydrogen-bond acceptors (Lipinski definition) is 6. The van der Waals surface area contributed by atoms with Crippen molar-refractivity contribution in [2.45, 2.75) is 42.7 Å². The van der Waals surface area contributed by atoms with E-state index in [0.29, 0.717) is 41.7 Å². The molecule has 0 amide bonds. The number of rotatable bonds is 6. The lowest BCUT2D eigenvalue weighted by Crippen LogP contribution is -2.48. The van der Waals surface area contributed by atoms with Gasteiger partial charge in [-0.2, -0.15) is 9.57 Å². The Morgan fingerprint density at radius 3 is 2.39 bits per heavy atom. The van der Waals surface area contributed by atoms with Crippen LogP contribution in [-0.2, 0) is 10.0 Å². The molecule has 0 unspecified atom stereocenters. The fourth-order valence-corrected chi connectivity index (χ4v) is 6.78. The van der Waals surface area contributed by atoms with Crippen molar-refractivity contribution in [3.63, 3.8) is 0 Å². The molecule has 0 bridgehead atoms. The summed E-state index contributed by atoms with van der Waals surface area (Å²) in [6.07, 6.45) is 3.41. The minimum Gasteiger partial charge on any atom is -0.456 e. The zero-order valence-corrected chi connectivity index (χ0v) is 20.3. The van der Waals surface area contributed by atoms with E-state index in [1.165, 1.54) is 22.5 Å². The monoisotopic (exact) mass is 509 g/mol. The van der Waals surface area contributed by atoms with Crippen molar-refractivity contribution in [2.75, 3.05) is 26.2 Å². The average molecular weight is 510 g/mol. The predicted octanol–water partition coefficient (Wildman–Crippen LogP) is 4.27. The highest BCUT2D eigenvalue weighted by atomic mass is 35.5. The number of benzene rings is 2. The molecule has 2 aromatic rings. The molecule has 2 heterocycles. The summed E-state index contributed by atoms with van der Waals surface area (Å²) in [5, 5.41) is 19.7. The number of aliphatic hydroxyl groups excluding tert-OH is 1. The van der Waals surface area contributed by atoms with Gasteiger partial charge in [-0.3, -0.25) is 4.90 Å². The first kappa shape index (κ1) is 24.3. The molecule has 2 aromatic carbocycles. The maximum Gasteiger partial charge on any atom is 0.246 e. The molecular weight excluding hydrogens is 485 g/mol. The molecule has 4 rings (SSSR count). The van der Waals surface area contributed by atoms with Crippen LogP contribution in [0.4, 0.5) is 0 Å². The molecular formula is C23H25Cl2N3O4S. The van der Waals surface area contributed by atoms with Gasteiger partial charge >= 0.3 is 0 Å². The molecule has 0 radical (unpaired) electrons. The highest BCUT2D eigenvalue weighted by Crippen LogP contribution is 2.35. The average Bonchev–Trinajstić information content (AvgIpc) is 3.27. The fourth-order valence-electron chi connectivity index (χ4n) is 4.67. The van der Waals surface area contributed by atoms with E-state index in [1.807, 2.05) is 6.07 Å². The van der Waals surface area contributed by atoms with Crippen LogP contribution in [0.2, 0.25) is 10.0 Å². The third kappa shape index (κ3) is 5.29. The highest BCUT2D eigenvalue weighted by Gasteiger charge is 2.36.